The molecule has 0 fully saturated rings. The van der Waals surface area contributed by atoms with Crippen molar-refractivity contribution in [1.82, 2.24) is 10.3 Å². The van der Waals surface area contributed by atoms with E-state index in [1.165, 1.54) is 11.3 Å². The predicted molar refractivity (Wildman–Crippen MR) is 111 cm³/mol. The summed E-state index contributed by atoms with van der Waals surface area (Å²) in [6.07, 6.45) is 0.123. The summed E-state index contributed by atoms with van der Waals surface area (Å²) in [4.78, 5) is 29.4. The number of anilines is 2. The first-order valence-electron chi connectivity index (χ1n) is 8.88. The smallest absolute Gasteiger partial charge is 0.319 e. The van der Waals surface area contributed by atoms with Crippen molar-refractivity contribution >= 4 is 34.6 Å². The van der Waals surface area contributed by atoms with Gasteiger partial charge in [0.15, 0.2) is 0 Å². The van der Waals surface area contributed by atoms with Gasteiger partial charge in [-0.2, -0.15) is 0 Å². The molecule has 0 saturated heterocycles. The number of oxazole rings is 1. The maximum absolute atomic E-state index is 12.3. The van der Waals surface area contributed by atoms with E-state index in [0.29, 0.717) is 28.7 Å². The molecule has 0 spiro atoms. The number of benzene rings is 1. The first kappa shape index (κ1) is 19.6. The lowest BCUT2D eigenvalue weighted by molar-refractivity contribution is -0.115. The summed E-state index contributed by atoms with van der Waals surface area (Å²) in [7, 11) is 0. The first-order valence-corrected chi connectivity index (χ1v) is 9.76. The Balaban J connectivity index is 1.57. The number of aryl methyl sites for hydroxylation is 1. The average molecular weight is 398 g/mol. The van der Waals surface area contributed by atoms with Crippen LogP contribution in [0.15, 0.2) is 46.2 Å². The Morgan fingerprint density at radius 3 is 2.39 bits per heavy atom. The van der Waals surface area contributed by atoms with Crippen molar-refractivity contribution in [2.75, 3.05) is 10.6 Å². The molecule has 8 heteroatoms. The maximum atomic E-state index is 12.3. The third kappa shape index (κ3) is 5.20. The minimum atomic E-state index is -0.269. The maximum Gasteiger partial charge on any atom is 0.319 e. The van der Waals surface area contributed by atoms with Crippen LogP contribution >= 0.6 is 11.3 Å². The summed E-state index contributed by atoms with van der Waals surface area (Å²) >= 11 is 1.54. The van der Waals surface area contributed by atoms with Gasteiger partial charge in [0, 0.05) is 17.4 Å². The second-order valence-electron chi connectivity index (χ2n) is 6.55. The summed E-state index contributed by atoms with van der Waals surface area (Å²) in [5.41, 5.74) is 1.90. The molecule has 0 radical (unpaired) electrons. The molecule has 146 valence electrons. The number of thiophene rings is 1. The van der Waals surface area contributed by atoms with Crippen molar-refractivity contribution in [3.8, 4) is 10.8 Å². The molecule has 3 rings (SSSR count). The molecule has 0 atom stereocenters. The second kappa shape index (κ2) is 8.71. The molecule has 0 aliphatic rings. The van der Waals surface area contributed by atoms with Crippen molar-refractivity contribution in [2.45, 2.75) is 33.2 Å². The molecule has 3 N–H and O–H groups in total. The molecule has 2 heterocycles. The average Bonchev–Trinajstić information content (AvgIpc) is 3.26. The van der Waals surface area contributed by atoms with Crippen LogP contribution in [0.5, 0.6) is 0 Å². The highest BCUT2D eigenvalue weighted by Crippen LogP contribution is 2.26. The summed E-state index contributed by atoms with van der Waals surface area (Å²) in [6, 6.07) is 10.6. The van der Waals surface area contributed by atoms with Crippen LogP contribution in [0.25, 0.3) is 10.8 Å². The van der Waals surface area contributed by atoms with Crippen LogP contribution in [-0.2, 0) is 11.2 Å². The topological polar surface area (TPSA) is 96.3 Å². The van der Waals surface area contributed by atoms with Crippen molar-refractivity contribution < 1.29 is 14.0 Å². The number of nitrogens with one attached hydrogen (secondary N) is 3. The van der Waals surface area contributed by atoms with Gasteiger partial charge in [-0.25, -0.2) is 9.78 Å². The molecular formula is C20H22N4O3S. The van der Waals surface area contributed by atoms with Crippen LogP contribution in [0.3, 0.4) is 0 Å². The van der Waals surface area contributed by atoms with E-state index in [1.807, 2.05) is 31.4 Å². The minimum Gasteiger partial charge on any atom is -0.440 e. The van der Waals surface area contributed by atoms with Crippen molar-refractivity contribution in [3.63, 3.8) is 0 Å². The molecule has 3 aromatic rings. The van der Waals surface area contributed by atoms with Gasteiger partial charge in [-0.1, -0.05) is 6.07 Å². The van der Waals surface area contributed by atoms with E-state index >= 15 is 0 Å². The first-order chi connectivity index (χ1) is 13.4. The molecule has 0 bridgehead atoms. The quantitative estimate of drug-likeness (QED) is 0.572. The van der Waals surface area contributed by atoms with Gasteiger partial charge >= 0.3 is 6.03 Å². The van der Waals surface area contributed by atoms with Crippen LogP contribution < -0.4 is 16.0 Å². The zero-order valence-corrected chi connectivity index (χ0v) is 16.7. The minimum absolute atomic E-state index is 0.0545. The van der Waals surface area contributed by atoms with E-state index in [0.717, 1.165) is 4.88 Å². The van der Waals surface area contributed by atoms with E-state index < -0.39 is 0 Å². The second-order valence-corrected chi connectivity index (χ2v) is 7.50. The van der Waals surface area contributed by atoms with Gasteiger partial charge < -0.3 is 20.4 Å². The van der Waals surface area contributed by atoms with E-state index in [-0.39, 0.29) is 24.4 Å². The fraction of sp³-hybridized carbons (Fsp3) is 0.250. The zero-order chi connectivity index (χ0) is 20.1. The molecule has 0 aliphatic heterocycles. The molecule has 7 nitrogen and oxygen atoms in total. The third-order valence-electron chi connectivity index (χ3n) is 3.80. The number of aromatic nitrogens is 1. The van der Waals surface area contributed by atoms with Gasteiger partial charge in [0.05, 0.1) is 17.0 Å². The van der Waals surface area contributed by atoms with Gasteiger partial charge in [0.2, 0.25) is 11.8 Å². The molecule has 2 aromatic heterocycles. The van der Waals surface area contributed by atoms with Crippen molar-refractivity contribution in [2.24, 2.45) is 0 Å². The van der Waals surface area contributed by atoms with Crippen LogP contribution in [0.1, 0.15) is 25.3 Å². The highest BCUT2D eigenvalue weighted by atomic mass is 32.1. The molecule has 0 aliphatic carbocycles. The van der Waals surface area contributed by atoms with Gasteiger partial charge in [0.1, 0.15) is 5.76 Å². The number of urea groups is 1. The summed E-state index contributed by atoms with van der Waals surface area (Å²) in [6.45, 7) is 5.58. The Bertz CT molecular complexity index is 947. The highest BCUT2D eigenvalue weighted by Gasteiger charge is 2.15. The number of hydrogen-bond acceptors (Lipinski definition) is 5. The monoisotopic (exact) mass is 398 g/mol. The Hall–Kier alpha value is -3.13. The fourth-order valence-electron chi connectivity index (χ4n) is 2.52. The van der Waals surface area contributed by atoms with Gasteiger partial charge in [0.25, 0.3) is 0 Å². The number of carbonyl (C=O) groups is 2. The number of rotatable bonds is 6. The molecule has 28 heavy (non-hydrogen) atoms. The van der Waals surface area contributed by atoms with Crippen LogP contribution in [0.4, 0.5) is 16.2 Å². The predicted octanol–water partition coefficient (Wildman–Crippen LogP) is 4.42. The lowest BCUT2D eigenvalue weighted by Gasteiger charge is -2.10. The Kier molecular flexibility index (Phi) is 6.10. The lowest BCUT2D eigenvalue weighted by Crippen LogP contribution is -2.34. The number of nitrogens with zero attached hydrogens (tertiary/aromatic N) is 1. The van der Waals surface area contributed by atoms with Crippen molar-refractivity contribution in [3.05, 3.63) is 53.2 Å². The number of carbonyl (C=O) groups excluding carboxylic acids is 2. The highest BCUT2D eigenvalue weighted by molar-refractivity contribution is 7.13. The van der Waals surface area contributed by atoms with Crippen molar-refractivity contribution in [1.29, 1.82) is 0 Å². The summed E-state index contributed by atoms with van der Waals surface area (Å²) in [5.74, 6) is 0.979. The Morgan fingerprint density at radius 1 is 1.11 bits per heavy atom. The Morgan fingerprint density at radius 2 is 1.79 bits per heavy atom. The molecule has 3 amide bonds. The van der Waals surface area contributed by atoms with Gasteiger partial charge in [-0.3, -0.25) is 4.79 Å². The summed E-state index contributed by atoms with van der Waals surface area (Å²) in [5, 5.41) is 10.3. The van der Waals surface area contributed by atoms with E-state index in [1.54, 1.807) is 31.2 Å². The van der Waals surface area contributed by atoms with E-state index in [9.17, 15) is 9.59 Å². The van der Waals surface area contributed by atoms with Gasteiger partial charge in [-0.15, -0.1) is 11.3 Å². The summed E-state index contributed by atoms with van der Waals surface area (Å²) < 4.78 is 5.66. The van der Waals surface area contributed by atoms with E-state index in [4.69, 9.17) is 4.42 Å². The van der Waals surface area contributed by atoms with E-state index in [2.05, 4.69) is 20.9 Å². The third-order valence-corrected chi connectivity index (χ3v) is 4.66. The molecule has 0 unspecified atom stereocenters. The van der Waals surface area contributed by atoms with Crippen LogP contribution in [0, 0.1) is 6.92 Å². The van der Waals surface area contributed by atoms with Crippen LogP contribution in [0.2, 0.25) is 0 Å². The molecule has 1 aromatic carbocycles. The largest absolute Gasteiger partial charge is 0.440 e. The standard InChI is InChI=1S/C20H22N4O3S/c1-12(2)21-20(26)23-15-8-6-14(7-9-15)22-18(25)11-16-13(3)27-19(24-16)17-5-4-10-28-17/h4-10,12H,11H2,1-3H3,(H,22,25)(H2,21,23,26). The molecule has 0 saturated carbocycles. The SMILES string of the molecule is Cc1oc(-c2cccs2)nc1CC(=O)Nc1ccc(NC(=O)NC(C)C)cc1. The fourth-order valence-corrected chi connectivity index (χ4v) is 3.17. The number of amides is 3. The molecular weight excluding hydrogens is 376 g/mol. The lowest BCUT2D eigenvalue weighted by atomic mass is 10.2. The normalized spacial score (nSPS) is 10.7. The number of hydrogen-bond donors (Lipinski definition) is 3. The Labute approximate surface area is 167 Å². The van der Waals surface area contributed by atoms with Gasteiger partial charge in [-0.05, 0) is 56.5 Å². The van der Waals surface area contributed by atoms with Crippen LogP contribution in [-0.4, -0.2) is 23.0 Å². The zero-order valence-electron chi connectivity index (χ0n) is 15.9.